The molecule has 0 aliphatic rings. The van der Waals surface area contributed by atoms with Gasteiger partial charge in [-0.25, -0.2) is 0 Å². The third-order valence-corrected chi connectivity index (χ3v) is 2.96. The number of hydrogen-bond acceptors (Lipinski definition) is 3. The third-order valence-electron chi connectivity index (χ3n) is 2.60. The van der Waals surface area contributed by atoms with Gasteiger partial charge in [-0.3, -0.25) is 0 Å². The summed E-state index contributed by atoms with van der Waals surface area (Å²) in [5.74, 6) is 0.215. The maximum absolute atomic E-state index is 9.41. The number of nitrogens with one attached hydrogen (secondary N) is 1. The summed E-state index contributed by atoms with van der Waals surface area (Å²) in [5, 5.41) is 21.2. The number of benzene rings is 1. The first kappa shape index (κ1) is 13.8. The molecule has 1 atom stereocenters. The van der Waals surface area contributed by atoms with Gasteiger partial charge < -0.3 is 10.4 Å². The Bertz CT molecular complexity index is 401. The molecule has 0 saturated carbocycles. The van der Waals surface area contributed by atoms with Crippen molar-refractivity contribution < 1.29 is 5.11 Å². The Kier molecular flexibility index (Phi) is 5.82. The van der Waals surface area contributed by atoms with Gasteiger partial charge in [-0.05, 0) is 30.5 Å². The first-order chi connectivity index (χ1) is 8.19. The molecule has 3 nitrogen and oxygen atoms in total. The van der Waals surface area contributed by atoms with Crippen molar-refractivity contribution in [1.82, 2.24) is 0 Å². The van der Waals surface area contributed by atoms with Gasteiger partial charge in [0.2, 0.25) is 0 Å². The molecule has 92 valence electrons. The second-order valence-corrected chi connectivity index (χ2v) is 4.26. The molecule has 0 aliphatic heterocycles. The lowest BCUT2D eigenvalue weighted by Crippen LogP contribution is -2.21. The van der Waals surface area contributed by atoms with E-state index in [0.717, 1.165) is 23.2 Å². The molecule has 0 spiro atoms. The van der Waals surface area contributed by atoms with Crippen molar-refractivity contribution in [3.8, 4) is 6.07 Å². The molecule has 17 heavy (non-hydrogen) atoms. The number of alkyl halides is 1. The second kappa shape index (κ2) is 7.16. The van der Waals surface area contributed by atoms with Gasteiger partial charge in [0.25, 0.3) is 0 Å². The van der Waals surface area contributed by atoms with Crippen LogP contribution in [-0.2, 0) is 6.42 Å². The van der Waals surface area contributed by atoms with Crippen molar-refractivity contribution in [2.45, 2.75) is 25.9 Å². The van der Waals surface area contributed by atoms with Crippen LogP contribution in [-0.4, -0.2) is 23.6 Å². The molecular weight excluding hydrogens is 236 g/mol. The normalized spacial score (nSPS) is 11.9. The second-order valence-electron chi connectivity index (χ2n) is 3.95. The van der Waals surface area contributed by atoms with Gasteiger partial charge in [0.05, 0.1) is 18.1 Å². The van der Waals surface area contributed by atoms with E-state index in [0.29, 0.717) is 13.0 Å². The zero-order valence-corrected chi connectivity index (χ0v) is 10.7. The predicted molar refractivity (Wildman–Crippen MR) is 70.3 cm³/mol. The first-order valence-corrected chi connectivity index (χ1v) is 6.15. The Labute approximate surface area is 107 Å². The van der Waals surface area contributed by atoms with E-state index < -0.39 is 6.10 Å². The molecule has 0 amide bonds. The Morgan fingerprint density at radius 2 is 2.29 bits per heavy atom. The minimum atomic E-state index is -0.555. The van der Waals surface area contributed by atoms with Crippen molar-refractivity contribution in [3.63, 3.8) is 0 Å². The third kappa shape index (κ3) is 4.26. The minimum absolute atomic E-state index is 0.215. The van der Waals surface area contributed by atoms with Gasteiger partial charge in [-0.2, -0.15) is 5.26 Å². The molecule has 0 fully saturated rings. The van der Waals surface area contributed by atoms with E-state index >= 15 is 0 Å². The van der Waals surface area contributed by atoms with Crippen molar-refractivity contribution in [2.75, 3.05) is 17.7 Å². The molecule has 1 aromatic carbocycles. The molecule has 1 rings (SSSR count). The topological polar surface area (TPSA) is 56.0 Å². The van der Waals surface area contributed by atoms with Gasteiger partial charge in [-0.15, -0.1) is 11.6 Å². The van der Waals surface area contributed by atoms with E-state index in [2.05, 4.69) is 11.4 Å². The van der Waals surface area contributed by atoms with Crippen LogP contribution in [0.2, 0.25) is 0 Å². The zero-order chi connectivity index (χ0) is 12.7. The highest BCUT2D eigenvalue weighted by atomic mass is 35.5. The lowest BCUT2D eigenvalue weighted by molar-refractivity contribution is 0.211. The highest BCUT2D eigenvalue weighted by molar-refractivity contribution is 6.18. The number of aliphatic hydroxyl groups is 1. The van der Waals surface area contributed by atoms with E-state index in [9.17, 15) is 5.11 Å². The van der Waals surface area contributed by atoms with Crippen LogP contribution in [0.15, 0.2) is 18.2 Å². The van der Waals surface area contributed by atoms with E-state index in [1.165, 1.54) is 0 Å². The maximum atomic E-state index is 9.41. The van der Waals surface area contributed by atoms with Crippen LogP contribution in [0.4, 0.5) is 5.69 Å². The molecule has 1 unspecified atom stereocenters. The number of anilines is 1. The summed E-state index contributed by atoms with van der Waals surface area (Å²) in [5.41, 5.74) is 3.27. The number of hydrogen-bond donors (Lipinski definition) is 2. The largest absolute Gasteiger partial charge is 0.390 e. The Morgan fingerprint density at radius 1 is 1.53 bits per heavy atom. The van der Waals surface area contributed by atoms with E-state index in [1.54, 1.807) is 0 Å². The van der Waals surface area contributed by atoms with E-state index in [-0.39, 0.29) is 5.88 Å². The number of halogens is 1. The van der Waals surface area contributed by atoms with Crippen LogP contribution >= 0.6 is 11.6 Å². The molecule has 4 heteroatoms. The smallest absolute Gasteiger partial charge is 0.0847 e. The van der Waals surface area contributed by atoms with Crippen LogP contribution < -0.4 is 5.32 Å². The molecular formula is C13H17ClN2O. The summed E-state index contributed by atoms with van der Waals surface area (Å²) >= 11 is 5.54. The number of nitriles is 1. The van der Waals surface area contributed by atoms with E-state index in [4.69, 9.17) is 16.9 Å². The molecule has 0 aromatic heterocycles. The van der Waals surface area contributed by atoms with Gasteiger partial charge in [-0.1, -0.05) is 12.1 Å². The molecule has 0 radical (unpaired) electrons. The molecule has 0 bridgehead atoms. The monoisotopic (exact) mass is 252 g/mol. The average Bonchev–Trinajstić information content (AvgIpc) is 2.34. The molecule has 1 aromatic rings. The first-order valence-electron chi connectivity index (χ1n) is 5.62. The predicted octanol–water partition coefficient (Wildman–Crippen LogP) is 2.46. The van der Waals surface area contributed by atoms with Gasteiger partial charge in [0.15, 0.2) is 0 Å². The number of rotatable bonds is 6. The number of aliphatic hydroxyl groups excluding tert-OH is 1. The molecule has 0 aliphatic carbocycles. The summed E-state index contributed by atoms with van der Waals surface area (Å²) in [6, 6.07) is 8.09. The van der Waals surface area contributed by atoms with Crippen LogP contribution in [0, 0.1) is 18.3 Å². The molecule has 0 saturated heterocycles. The van der Waals surface area contributed by atoms with E-state index in [1.807, 2.05) is 25.1 Å². The summed E-state index contributed by atoms with van der Waals surface area (Å²) in [6.45, 7) is 2.45. The quantitative estimate of drug-likeness (QED) is 0.765. The van der Waals surface area contributed by atoms with Crippen molar-refractivity contribution >= 4 is 17.3 Å². The van der Waals surface area contributed by atoms with Gasteiger partial charge in [0.1, 0.15) is 0 Å². The summed E-state index contributed by atoms with van der Waals surface area (Å²) < 4.78 is 0. The highest BCUT2D eigenvalue weighted by Crippen LogP contribution is 2.21. The lowest BCUT2D eigenvalue weighted by Gasteiger charge is -2.15. The van der Waals surface area contributed by atoms with Crippen LogP contribution in [0.3, 0.4) is 0 Å². The SMILES string of the molecule is Cc1cccc(NCC(O)CCl)c1CCC#N. The zero-order valence-electron chi connectivity index (χ0n) is 9.91. The van der Waals surface area contributed by atoms with Crippen molar-refractivity contribution in [2.24, 2.45) is 0 Å². The van der Waals surface area contributed by atoms with Gasteiger partial charge >= 0.3 is 0 Å². The van der Waals surface area contributed by atoms with Crippen LogP contribution in [0.25, 0.3) is 0 Å². The Balaban J connectivity index is 2.76. The molecule has 0 heterocycles. The Morgan fingerprint density at radius 3 is 2.94 bits per heavy atom. The summed E-state index contributed by atoms with van der Waals surface area (Å²) in [6.07, 6.45) is 0.668. The number of aryl methyl sites for hydroxylation is 1. The fourth-order valence-electron chi connectivity index (χ4n) is 1.66. The summed E-state index contributed by atoms with van der Waals surface area (Å²) in [4.78, 5) is 0. The average molecular weight is 253 g/mol. The standard InChI is InChI=1S/C13H17ClN2O/c1-10-4-2-6-13(12(10)5-3-7-15)16-9-11(17)8-14/h2,4,6,11,16-17H,3,5,8-9H2,1H3. The summed E-state index contributed by atoms with van der Waals surface area (Å²) in [7, 11) is 0. The van der Waals surface area contributed by atoms with Crippen molar-refractivity contribution in [3.05, 3.63) is 29.3 Å². The van der Waals surface area contributed by atoms with Crippen LogP contribution in [0.5, 0.6) is 0 Å². The van der Waals surface area contributed by atoms with Gasteiger partial charge in [0, 0.05) is 18.7 Å². The minimum Gasteiger partial charge on any atom is -0.390 e. The lowest BCUT2D eigenvalue weighted by atomic mass is 10.0. The fraction of sp³-hybridized carbons (Fsp3) is 0.462. The highest BCUT2D eigenvalue weighted by Gasteiger charge is 2.07. The maximum Gasteiger partial charge on any atom is 0.0847 e. The van der Waals surface area contributed by atoms with Crippen LogP contribution in [0.1, 0.15) is 17.5 Å². The molecule has 2 N–H and O–H groups in total. The number of nitrogens with zero attached hydrogens (tertiary/aromatic N) is 1. The Hall–Kier alpha value is -1.24. The van der Waals surface area contributed by atoms with Crippen molar-refractivity contribution in [1.29, 1.82) is 5.26 Å². The fourth-order valence-corrected chi connectivity index (χ4v) is 1.77.